The molecule has 1 N–H and O–H groups in total. The van der Waals surface area contributed by atoms with Crippen LogP contribution in [0.1, 0.15) is 23.6 Å². The SMILES string of the molecule is C=C(C)C(=O)O.c1ccc(CC(OOc2ccccc2)(c2ccccc2)c2ccccc2)cc1. The van der Waals surface area contributed by atoms with Gasteiger partial charge in [-0.3, -0.25) is 0 Å². The summed E-state index contributed by atoms with van der Waals surface area (Å²) >= 11 is 0. The maximum absolute atomic E-state index is 9.60. The van der Waals surface area contributed by atoms with Crippen molar-refractivity contribution in [3.8, 4) is 5.75 Å². The molecule has 0 unspecified atom stereocenters. The van der Waals surface area contributed by atoms with Gasteiger partial charge in [0.2, 0.25) is 0 Å². The molecule has 0 aliphatic heterocycles. The van der Waals surface area contributed by atoms with Gasteiger partial charge in [-0.15, -0.1) is 0 Å². The minimum atomic E-state index is -0.935. The van der Waals surface area contributed by atoms with Crippen LogP contribution >= 0.6 is 0 Å². The molecule has 0 spiro atoms. The molecule has 4 heteroatoms. The lowest BCUT2D eigenvalue weighted by Gasteiger charge is -2.33. The maximum Gasteiger partial charge on any atom is 0.330 e. The Morgan fingerprint density at radius 3 is 1.53 bits per heavy atom. The molecule has 4 aromatic rings. The molecular formula is C30H28O4. The fourth-order valence-corrected chi connectivity index (χ4v) is 3.39. The van der Waals surface area contributed by atoms with Gasteiger partial charge >= 0.3 is 5.97 Å². The van der Waals surface area contributed by atoms with Crippen LogP contribution in [0.3, 0.4) is 0 Å². The summed E-state index contributed by atoms with van der Waals surface area (Å²) in [6.07, 6.45) is 0.648. The van der Waals surface area contributed by atoms with Crippen molar-refractivity contribution in [1.82, 2.24) is 0 Å². The van der Waals surface area contributed by atoms with E-state index >= 15 is 0 Å². The van der Waals surface area contributed by atoms with Crippen LogP contribution in [-0.2, 0) is 21.7 Å². The highest BCUT2D eigenvalue weighted by molar-refractivity contribution is 5.84. The largest absolute Gasteiger partial charge is 0.478 e. The molecule has 4 rings (SSSR count). The van der Waals surface area contributed by atoms with Gasteiger partial charge in [-0.25, -0.2) is 4.79 Å². The summed E-state index contributed by atoms with van der Waals surface area (Å²) in [5, 5.41) is 7.89. The number of aliphatic carboxylic acids is 1. The van der Waals surface area contributed by atoms with Crippen LogP contribution < -0.4 is 4.89 Å². The van der Waals surface area contributed by atoms with E-state index in [0.717, 1.165) is 11.1 Å². The molecule has 0 aromatic heterocycles. The summed E-state index contributed by atoms with van der Waals surface area (Å²) in [5.41, 5.74) is 2.66. The number of carboxylic acids is 1. The number of carbonyl (C=O) groups is 1. The number of benzene rings is 4. The Hall–Kier alpha value is -4.15. The number of para-hydroxylation sites is 1. The third-order valence-corrected chi connectivity index (χ3v) is 5.16. The highest BCUT2D eigenvalue weighted by Crippen LogP contribution is 2.37. The molecule has 0 aliphatic rings. The number of rotatable bonds is 8. The molecule has 0 saturated heterocycles. The molecule has 0 fully saturated rings. The van der Waals surface area contributed by atoms with Gasteiger partial charge in [-0.2, -0.15) is 4.89 Å². The molecule has 0 atom stereocenters. The molecule has 4 aromatic carbocycles. The quantitative estimate of drug-likeness (QED) is 0.181. The summed E-state index contributed by atoms with van der Waals surface area (Å²) in [6.45, 7) is 4.60. The molecule has 4 nitrogen and oxygen atoms in total. The van der Waals surface area contributed by atoms with Crippen LogP contribution in [0, 0.1) is 0 Å². The normalized spacial score (nSPS) is 10.5. The second-order valence-corrected chi connectivity index (χ2v) is 7.79. The van der Waals surface area contributed by atoms with Crippen molar-refractivity contribution in [2.24, 2.45) is 0 Å². The van der Waals surface area contributed by atoms with Crippen LogP contribution in [0.25, 0.3) is 0 Å². The lowest BCUT2D eigenvalue weighted by molar-refractivity contribution is -0.283. The van der Waals surface area contributed by atoms with Gasteiger partial charge in [0.25, 0.3) is 0 Å². The van der Waals surface area contributed by atoms with Gasteiger partial charge in [0.15, 0.2) is 11.4 Å². The zero-order chi connectivity index (χ0) is 24.2. The fraction of sp³-hybridized carbons (Fsp3) is 0.100. The van der Waals surface area contributed by atoms with Gasteiger partial charge in [-0.05, 0) is 35.7 Å². The van der Waals surface area contributed by atoms with Crippen molar-refractivity contribution >= 4 is 5.97 Å². The Bertz CT molecular complexity index is 1110. The van der Waals surface area contributed by atoms with Crippen molar-refractivity contribution in [2.75, 3.05) is 0 Å². The zero-order valence-corrected chi connectivity index (χ0v) is 19.1. The summed E-state index contributed by atoms with van der Waals surface area (Å²) in [6, 6.07) is 40.5. The van der Waals surface area contributed by atoms with E-state index in [4.69, 9.17) is 14.9 Å². The maximum atomic E-state index is 9.60. The Balaban J connectivity index is 0.000000481. The second-order valence-electron chi connectivity index (χ2n) is 7.79. The lowest BCUT2D eigenvalue weighted by atomic mass is 9.81. The summed E-state index contributed by atoms with van der Waals surface area (Å²) in [4.78, 5) is 21.7. The lowest BCUT2D eigenvalue weighted by Crippen LogP contribution is -2.35. The van der Waals surface area contributed by atoms with E-state index in [9.17, 15) is 4.79 Å². The topological polar surface area (TPSA) is 55.8 Å². The summed E-state index contributed by atoms with van der Waals surface area (Å²) in [7, 11) is 0. The van der Waals surface area contributed by atoms with Gasteiger partial charge < -0.3 is 9.99 Å². The first-order chi connectivity index (χ1) is 16.5. The van der Waals surface area contributed by atoms with Crippen LogP contribution in [0.2, 0.25) is 0 Å². The minimum Gasteiger partial charge on any atom is -0.478 e. The first kappa shape index (κ1) is 24.5. The Morgan fingerprint density at radius 1 is 0.735 bits per heavy atom. The van der Waals surface area contributed by atoms with Crippen LogP contribution in [0.15, 0.2) is 133 Å². The zero-order valence-electron chi connectivity index (χ0n) is 19.1. The third-order valence-electron chi connectivity index (χ3n) is 5.16. The second kappa shape index (κ2) is 12.2. The standard InChI is InChI=1S/C26H22O2.C4H6O2/c1-5-13-22(14-6-1)21-26(23-15-7-2-8-16-23,24-17-9-3-10-18-24)28-27-25-19-11-4-12-20-25;1-3(2)4(5)6/h1-20H,21H2;1H2,2H3,(H,5,6). The smallest absolute Gasteiger partial charge is 0.330 e. The fourth-order valence-electron chi connectivity index (χ4n) is 3.39. The van der Waals surface area contributed by atoms with Crippen molar-refractivity contribution in [1.29, 1.82) is 0 Å². The summed E-state index contributed by atoms with van der Waals surface area (Å²) < 4.78 is 0. The van der Waals surface area contributed by atoms with Crippen molar-refractivity contribution in [3.05, 3.63) is 150 Å². The molecular weight excluding hydrogens is 424 g/mol. The Morgan fingerprint density at radius 2 is 1.12 bits per heavy atom. The van der Waals surface area contributed by atoms with E-state index in [1.165, 1.54) is 12.5 Å². The highest BCUT2D eigenvalue weighted by Gasteiger charge is 2.38. The van der Waals surface area contributed by atoms with Gasteiger partial charge in [0, 0.05) is 12.0 Å². The monoisotopic (exact) mass is 452 g/mol. The van der Waals surface area contributed by atoms with E-state index in [1.807, 2.05) is 84.9 Å². The number of hydrogen-bond acceptors (Lipinski definition) is 3. The Labute approximate surface area is 200 Å². The van der Waals surface area contributed by atoms with Gasteiger partial charge in [-0.1, -0.05) is 116 Å². The number of hydrogen-bond donors (Lipinski definition) is 1. The van der Waals surface area contributed by atoms with Crippen LogP contribution in [0.4, 0.5) is 0 Å². The van der Waals surface area contributed by atoms with Crippen molar-refractivity contribution in [2.45, 2.75) is 18.9 Å². The first-order valence-electron chi connectivity index (χ1n) is 11.0. The first-order valence-corrected chi connectivity index (χ1v) is 11.0. The molecule has 0 saturated carbocycles. The average Bonchev–Trinajstić information content (AvgIpc) is 2.89. The predicted molar refractivity (Wildman–Crippen MR) is 134 cm³/mol. The van der Waals surface area contributed by atoms with E-state index in [0.29, 0.717) is 12.2 Å². The average molecular weight is 453 g/mol. The van der Waals surface area contributed by atoms with E-state index in [-0.39, 0.29) is 5.57 Å². The number of carboxylic acid groups (broad SMARTS) is 1. The van der Waals surface area contributed by atoms with Crippen LogP contribution in [0.5, 0.6) is 5.75 Å². The molecule has 0 heterocycles. The molecule has 0 bridgehead atoms. The van der Waals surface area contributed by atoms with Gasteiger partial charge in [0.05, 0.1) is 0 Å². The van der Waals surface area contributed by atoms with E-state index in [1.54, 1.807) is 0 Å². The third kappa shape index (κ3) is 6.67. The van der Waals surface area contributed by atoms with E-state index < -0.39 is 11.6 Å². The van der Waals surface area contributed by atoms with E-state index in [2.05, 4.69) is 43.0 Å². The minimum absolute atomic E-state index is 0.176. The van der Waals surface area contributed by atoms with Crippen LogP contribution in [-0.4, -0.2) is 11.1 Å². The van der Waals surface area contributed by atoms with Crippen molar-refractivity contribution in [3.63, 3.8) is 0 Å². The molecule has 0 radical (unpaired) electrons. The summed E-state index contributed by atoms with van der Waals surface area (Å²) in [5.74, 6) is -0.262. The molecule has 0 amide bonds. The predicted octanol–water partition coefficient (Wildman–Crippen LogP) is 6.83. The molecule has 0 aliphatic carbocycles. The van der Waals surface area contributed by atoms with Gasteiger partial charge in [0.1, 0.15) is 0 Å². The van der Waals surface area contributed by atoms with Crippen molar-refractivity contribution < 1.29 is 19.7 Å². The Kier molecular flexibility index (Phi) is 8.78. The highest BCUT2D eigenvalue weighted by atomic mass is 17.2. The molecule has 172 valence electrons. The molecule has 34 heavy (non-hydrogen) atoms.